The Morgan fingerprint density at radius 2 is 2.31 bits per heavy atom. The fourth-order valence-electron chi connectivity index (χ4n) is 1.09. The predicted molar refractivity (Wildman–Crippen MR) is 50.8 cm³/mol. The van der Waals surface area contributed by atoms with Crippen LogP contribution >= 0.6 is 23.4 Å². The lowest BCUT2D eigenvalue weighted by Gasteiger charge is -2.16. The van der Waals surface area contributed by atoms with E-state index < -0.39 is 5.82 Å². The maximum absolute atomic E-state index is 13.3. The summed E-state index contributed by atoms with van der Waals surface area (Å²) in [6, 6.07) is 3.19. The molecule has 1 amide bonds. The molecule has 1 aromatic rings. The van der Waals surface area contributed by atoms with Crippen LogP contribution in [0.3, 0.4) is 0 Å². The van der Waals surface area contributed by atoms with Crippen molar-refractivity contribution in [2.45, 2.75) is 4.90 Å². The quantitative estimate of drug-likeness (QED) is 0.724. The maximum atomic E-state index is 13.3. The minimum absolute atomic E-state index is 0.0292. The van der Waals surface area contributed by atoms with E-state index in [4.69, 9.17) is 11.6 Å². The van der Waals surface area contributed by atoms with Crippen molar-refractivity contribution in [2.75, 3.05) is 11.1 Å². The molecule has 0 aliphatic carbocycles. The van der Waals surface area contributed by atoms with E-state index >= 15 is 0 Å². The van der Waals surface area contributed by atoms with Gasteiger partial charge in [-0.15, -0.1) is 11.8 Å². The first-order valence-electron chi connectivity index (χ1n) is 3.59. The molecule has 1 aliphatic rings. The van der Waals surface area contributed by atoms with E-state index in [0.717, 1.165) is 4.90 Å². The number of nitrogens with one attached hydrogen (secondary N) is 1. The van der Waals surface area contributed by atoms with Crippen molar-refractivity contribution in [3.63, 3.8) is 0 Å². The number of hydrogen-bond donors (Lipinski definition) is 1. The third kappa shape index (κ3) is 1.51. The predicted octanol–water partition coefficient (Wildman–Crippen LogP) is 2.52. The molecule has 1 aliphatic heterocycles. The first-order chi connectivity index (χ1) is 6.18. The Labute approximate surface area is 83.5 Å². The van der Waals surface area contributed by atoms with Gasteiger partial charge in [-0.1, -0.05) is 11.6 Å². The van der Waals surface area contributed by atoms with Crippen LogP contribution in [0.15, 0.2) is 17.0 Å². The molecule has 0 radical (unpaired) electrons. The summed E-state index contributed by atoms with van der Waals surface area (Å²) in [6.07, 6.45) is 0. The Balaban J connectivity index is 2.54. The summed E-state index contributed by atoms with van der Waals surface area (Å²) < 4.78 is 13.3. The lowest BCUT2D eigenvalue weighted by molar-refractivity contribution is -0.113. The summed E-state index contributed by atoms with van der Waals surface area (Å²) in [4.78, 5) is 11.7. The highest BCUT2D eigenvalue weighted by Crippen LogP contribution is 2.36. The van der Waals surface area contributed by atoms with E-state index in [9.17, 15) is 9.18 Å². The standard InChI is InChI=1S/C8H5ClFNOS/c9-4-1-2-5-8(7(4)10)11-6(12)3-13-5/h1-2H,3H2,(H,11,12). The van der Waals surface area contributed by atoms with Crippen molar-refractivity contribution in [1.82, 2.24) is 0 Å². The number of fused-ring (bicyclic) bond motifs is 1. The molecular formula is C8H5ClFNOS. The summed E-state index contributed by atoms with van der Waals surface area (Å²) in [5.74, 6) is -0.424. The Kier molecular flexibility index (Phi) is 2.17. The second kappa shape index (κ2) is 3.20. The van der Waals surface area contributed by atoms with Crippen molar-refractivity contribution in [1.29, 1.82) is 0 Å². The molecular weight excluding hydrogens is 213 g/mol. The van der Waals surface area contributed by atoms with E-state index in [0.29, 0.717) is 5.75 Å². The molecule has 68 valence electrons. The van der Waals surface area contributed by atoms with Crippen molar-refractivity contribution >= 4 is 35.0 Å². The molecule has 0 spiro atoms. The van der Waals surface area contributed by atoms with Crippen LogP contribution in [0.2, 0.25) is 5.02 Å². The van der Waals surface area contributed by atoms with Crippen molar-refractivity contribution < 1.29 is 9.18 Å². The zero-order valence-corrected chi connectivity index (χ0v) is 8.01. The van der Waals surface area contributed by atoms with Gasteiger partial charge in [0.2, 0.25) is 5.91 Å². The highest BCUT2D eigenvalue weighted by atomic mass is 35.5. The van der Waals surface area contributed by atoms with Crippen molar-refractivity contribution in [3.8, 4) is 0 Å². The van der Waals surface area contributed by atoms with Crippen LogP contribution in [-0.2, 0) is 4.79 Å². The van der Waals surface area contributed by atoms with Crippen LogP contribution in [0.5, 0.6) is 0 Å². The number of rotatable bonds is 0. The van der Waals surface area contributed by atoms with Crippen LogP contribution in [0, 0.1) is 5.82 Å². The van der Waals surface area contributed by atoms with Gasteiger partial charge in [-0.3, -0.25) is 4.79 Å². The molecule has 5 heteroatoms. The van der Waals surface area contributed by atoms with E-state index in [1.165, 1.54) is 17.8 Å². The third-order valence-corrected chi connectivity index (χ3v) is 3.03. The molecule has 0 bridgehead atoms. The molecule has 0 saturated carbocycles. The van der Waals surface area contributed by atoms with Crippen LogP contribution in [0.25, 0.3) is 0 Å². The van der Waals surface area contributed by atoms with Gasteiger partial charge in [-0.2, -0.15) is 0 Å². The second-order valence-electron chi connectivity index (χ2n) is 2.57. The topological polar surface area (TPSA) is 29.1 Å². The van der Waals surface area contributed by atoms with Gasteiger partial charge in [0.1, 0.15) is 0 Å². The van der Waals surface area contributed by atoms with Crippen LogP contribution < -0.4 is 5.32 Å². The third-order valence-electron chi connectivity index (χ3n) is 1.68. The van der Waals surface area contributed by atoms with Gasteiger partial charge in [0, 0.05) is 4.90 Å². The van der Waals surface area contributed by atoms with Gasteiger partial charge in [0.05, 0.1) is 16.5 Å². The number of anilines is 1. The minimum Gasteiger partial charge on any atom is -0.322 e. The molecule has 1 aromatic carbocycles. The number of amides is 1. The van der Waals surface area contributed by atoms with Crippen LogP contribution in [0.1, 0.15) is 0 Å². The molecule has 13 heavy (non-hydrogen) atoms. The van der Waals surface area contributed by atoms with Crippen molar-refractivity contribution in [2.24, 2.45) is 0 Å². The van der Waals surface area contributed by atoms with Gasteiger partial charge in [-0.05, 0) is 12.1 Å². The molecule has 0 aromatic heterocycles. The molecule has 2 nitrogen and oxygen atoms in total. The van der Waals surface area contributed by atoms with E-state index in [1.54, 1.807) is 6.07 Å². The molecule has 0 saturated heterocycles. The lowest BCUT2D eigenvalue weighted by atomic mass is 10.3. The molecule has 0 fully saturated rings. The monoisotopic (exact) mass is 217 g/mol. The number of halogens is 2. The van der Waals surface area contributed by atoms with Crippen LogP contribution in [0.4, 0.5) is 10.1 Å². The fraction of sp³-hybridized carbons (Fsp3) is 0.125. The van der Waals surface area contributed by atoms with Crippen LogP contribution in [-0.4, -0.2) is 11.7 Å². The van der Waals surface area contributed by atoms with Gasteiger partial charge in [0.25, 0.3) is 0 Å². The number of carbonyl (C=O) groups excluding carboxylic acids is 1. The summed E-state index contributed by atoms with van der Waals surface area (Å²) in [6.45, 7) is 0. The largest absolute Gasteiger partial charge is 0.322 e. The van der Waals surface area contributed by atoms with E-state index in [1.807, 2.05) is 0 Å². The minimum atomic E-state index is -0.556. The smallest absolute Gasteiger partial charge is 0.234 e. The SMILES string of the molecule is O=C1CSc2ccc(Cl)c(F)c2N1. The fourth-order valence-corrected chi connectivity index (χ4v) is 2.05. The molecule has 0 atom stereocenters. The highest BCUT2D eigenvalue weighted by Gasteiger charge is 2.20. The molecule has 0 unspecified atom stereocenters. The van der Waals surface area contributed by atoms with Gasteiger partial charge in [-0.25, -0.2) is 4.39 Å². The van der Waals surface area contributed by atoms with Gasteiger partial charge >= 0.3 is 0 Å². The second-order valence-corrected chi connectivity index (χ2v) is 4.00. The lowest BCUT2D eigenvalue weighted by Crippen LogP contribution is -2.19. The summed E-state index contributed by atoms with van der Waals surface area (Å²) in [5, 5.41) is 2.48. The summed E-state index contributed by atoms with van der Waals surface area (Å²) >= 11 is 6.87. The number of hydrogen-bond acceptors (Lipinski definition) is 2. The zero-order valence-electron chi connectivity index (χ0n) is 6.43. The molecule has 1 N–H and O–H groups in total. The van der Waals surface area contributed by atoms with E-state index in [2.05, 4.69) is 5.32 Å². The van der Waals surface area contributed by atoms with Crippen molar-refractivity contribution in [3.05, 3.63) is 23.0 Å². The number of carbonyl (C=O) groups is 1. The summed E-state index contributed by atoms with van der Waals surface area (Å²) in [5.41, 5.74) is 0.203. The highest BCUT2D eigenvalue weighted by molar-refractivity contribution is 8.00. The van der Waals surface area contributed by atoms with Gasteiger partial charge < -0.3 is 5.32 Å². The Morgan fingerprint density at radius 3 is 3.08 bits per heavy atom. The summed E-state index contributed by atoms with van der Waals surface area (Å²) in [7, 11) is 0. The molecule has 1 heterocycles. The Hall–Kier alpha value is -0.740. The average Bonchev–Trinajstić information content (AvgIpc) is 2.12. The Bertz CT molecular complexity index is 383. The average molecular weight is 218 g/mol. The normalized spacial score (nSPS) is 15.1. The molecule has 2 rings (SSSR count). The Morgan fingerprint density at radius 1 is 1.54 bits per heavy atom. The van der Waals surface area contributed by atoms with E-state index in [-0.39, 0.29) is 16.6 Å². The maximum Gasteiger partial charge on any atom is 0.234 e. The first-order valence-corrected chi connectivity index (χ1v) is 4.95. The van der Waals surface area contributed by atoms with Gasteiger partial charge in [0.15, 0.2) is 5.82 Å². The number of thioether (sulfide) groups is 1. The first kappa shape index (κ1) is 8.84. The zero-order chi connectivity index (χ0) is 9.42. The number of benzene rings is 1.